The number of aromatic nitrogens is 2. The molecule has 2 aromatic carbocycles. The largest absolute Gasteiger partial charge is 0.496 e. The molecule has 0 radical (unpaired) electrons. The second-order valence-electron chi connectivity index (χ2n) is 7.46. The molecule has 164 valence electrons. The summed E-state index contributed by atoms with van der Waals surface area (Å²) >= 11 is 5.44. The van der Waals surface area contributed by atoms with Crippen LogP contribution in [0.25, 0.3) is 6.08 Å². The number of aryl methyl sites for hydroxylation is 2. The van der Waals surface area contributed by atoms with Crippen LogP contribution in [0, 0.1) is 13.8 Å². The van der Waals surface area contributed by atoms with Crippen molar-refractivity contribution in [3.05, 3.63) is 76.7 Å². The zero-order valence-corrected chi connectivity index (χ0v) is 19.2. The molecule has 0 atom stereocenters. The van der Waals surface area contributed by atoms with Crippen molar-refractivity contribution >= 4 is 35.0 Å². The van der Waals surface area contributed by atoms with E-state index in [1.54, 1.807) is 32.4 Å². The van der Waals surface area contributed by atoms with Gasteiger partial charge in [0.2, 0.25) is 0 Å². The monoisotopic (exact) mass is 448 g/mol. The van der Waals surface area contributed by atoms with Crippen LogP contribution in [0.1, 0.15) is 22.5 Å². The fourth-order valence-corrected chi connectivity index (χ4v) is 4.03. The first kappa shape index (κ1) is 21.6. The molecule has 1 saturated heterocycles. The van der Waals surface area contributed by atoms with Gasteiger partial charge in [-0.25, -0.2) is 4.90 Å². The Morgan fingerprint density at radius 1 is 1.06 bits per heavy atom. The number of carbonyl (C=O) groups excluding carboxylic acids is 1. The van der Waals surface area contributed by atoms with Gasteiger partial charge in [0.15, 0.2) is 5.11 Å². The van der Waals surface area contributed by atoms with E-state index in [-0.39, 0.29) is 5.91 Å². The number of carbonyl (C=O) groups is 1. The van der Waals surface area contributed by atoms with Crippen LogP contribution in [0.3, 0.4) is 0 Å². The summed E-state index contributed by atoms with van der Waals surface area (Å²) in [7, 11) is 3.21. The average molecular weight is 449 g/mol. The number of methoxy groups -OCH3 is 2. The van der Waals surface area contributed by atoms with Crippen LogP contribution < -0.4 is 19.7 Å². The van der Waals surface area contributed by atoms with Crippen molar-refractivity contribution in [2.75, 3.05) is 19.1 Å². The summed E-state index contributed by atoms with van der Waals surface area (Å²) in [5.74, 6) is 1.09. The second-order valence-corrected chi connectivity index (χ2v) is 7.84. The fraction of sp³-hybridized carbons (Fsp3) is 0.208. The van der Waals surface area contributed by atoms with Crippen molar-refractivity contribution in [1.82, 2.24) is 15.1 Å². The highest BCUT2D eigenvalue weighted by Gasteiger charge is 2.33. The molecule has 1 fully saturated rings. The molecule has 1 amide bonds. The number of para-hydroxylation sites is 2. The molecule has 0 spiro atoms. The smallest absolute Gasteiger partial charge is 0.281 e. The molecule has 3 aromatic rings. The molecule has 0 bridgehead atoms. The lowest BCUT2D eigenvalue weighted by Crippen LogP contribution is -2.30. The van der Waals surface area contributed by atoms with Crippen molar-refractivity contribution < 1.29 is 14.3 Å². The minimum absolute atomic E-state index is 0.240. The number of benzene rings is 2. The van der Waals surface area contributed by atoms with E-state index in [0.717, 1.165) is 28.3 Å². The van der Waals surface area contributed by atoms with E-state index in [9.17, 15) is 4.79 Å². The summed E-state index contributed by atoms with van der Waals surface area (Å²) < 4.78 is 12.9. The van der Waals surface area contributed by atoms with Gasteiger partial charge in [-0.15, -0.1) is 0 Å². The van der Waals surface area contributed by atoms with Crippen LogP contribution in [0.5, 0.6) is 11.5 Å². The number of hydrogen-bond acceptors (Lipinski definition) is 5. The summed E-state index contributed by atoms with van der Waals surface area (Å²) in [5, 5.41) is 7.87. The van der Waals surface area contributed by atoms with Gasteiger partial charge in [0.05, 0.1) is 32.1 Å². The maximum absolute atomic E-state index is 13.1. The fourth-order valence-electron chi connectivity index (χ4n) is 3.74. The van der Waals surface area contributed by atoms with Crippen molar-refractivity contribution in [2.45, 2.75) is 20.4 Å². The van der Waals surface area contributed by atoms with Crippen molar-refractivity contribution in [3.63, 3.8) is 0 Å². The van der Waals surface area contributed by atoms with E-state index in [1.807, 2.05) is 54.9 Å². The Morgan fingerprint density at radius 2 is 1.81 bits per heavy atom. The number of anilines is 1. The molecule has 4 rings (SSSR count). The van der Waals surface area contributed by atoms with Gasteiger partial charge in [-0.1, -0.05) is 18.2 Å². The lowest BCUT2D eigenvalue weighted by Gasteiger charge is -2.17. The summed E-state index contributed by atoms with van der Waals surface area (Å²) in [5.41, 5.74) is 4.83. The van der Waals surface area contributed by atoms with E-state index < -0.39 is 0 Å². The Balaban J connectivity index is 1.66. The lowest BCUT2D eigenvalue weighted by atomic mass is 10.1. The second kappa shape index (κ2) is 8.84. The molecular weight excluding hydrogens is 424 g/mol. The Morgan fingerprint density at radius 3 is 2.50 bits per heavy atom. The van der Waals surface area contributed by atoms with Gasteiger partial charge in [-0.05, 0) is 68.0 Å². The number of amides is 1. The first-order chi connectivity index (χ1) is 15.4. The van der Waals surface area contributed by atoms with E-state index >= 15 is 0 Å². The van der Waals surface area contributed by atoms with Crippen LogP contribution in [-0.4, -0.2) is 35.0 Å². The Labute approximate surface area is 192 Å². The molecule has 0 aliphatic carbocycles. The third-order valence-corrected chi connectivity index (χ3v) is 5.53. The maximum Gasteiger partial charge on any atom is 0.281 e. The van der Waals surface area contributed by atoms with Gasteiger partial charge in [0.25, 0.3) is 5.91 Å². The molecule has 1 aliphatic rings. The Bertz CT molecular complexity index is 1230. The van der Waals surface area contributed by atoms with E-state index in [4.69, 9.17) is 21.7 Å². The molecule has 0 saturated carbocycles. The number of hydrogen-bond donors (Lipinski definition) is 1. The number of nitrogens with zero attached hydrogens (tertiary/aromatic N) is 3. The highest BCUT2D eigenvalue weighted by atomic mass is 32.1. The number of rotatable bonds is 6. The van der Waals surface area contributed by atoms with Gasteiger partial charge in [0, 0.05) is 11.3 Å². The number of thiocarbonyl (C=S) groups is 1. The Kier molecular flexibility index (Phi) is 5.96. The van der Waals surface area contributed by atoms with Gasteiger partial charge >= 0.3 is 0 Å². The molecule has 1 aliphatic heterocycles. The normalized spacial score (nSPS) is 14.8. The molecule has 1 N–H and O–H groups in total. The van der Waals surface area contributed by atoms with Gasteiger partial charge < -0.3 is 14.8 Å². The van der Waals surface area contributed by atoms with E-state index in [1.165, 1.54) is 4.90 Å². The molecule has 7 nitrogen and oxygen atoms in total. The molecule has 2 heterocycles. The highest BCUT2D eigenvalue weighted by Crippen LogP contribution is 2.31. The molecule has 32 heavy (non-hydrogen) atoms. The van der Waals surface area contributed by atoms with Crippen LogP contribution in [0.4, 0.5) is 5.69 Å². The zero-order chi connectivity index (χ0) is 22.8. The third-order valence-electron chi connectivity index (χ3n) is 5.24. The topological polar surface area (TPSA) is 68.6 Å². The third kappa shape index (κ3) is 4.09. The van der Waals surface area contributed by atoms with Crippen LogP contribution in [0.2, 0.25) is 0 Å². The Hall–Kier alpha value is -3.65. The summed E-state index contributed by atoms with van der Waals surface area (Å²) in [4.78, 5) is 14.6. The number of nitrogens with one attached hydrogen (secondary N) is 1. The lowest BCUT2D eigenvalue weighted by molar-refractivity contribution is -0.113. The van der Waals surface area contributed by atoms with Crippen molar-refractivity contribution in [2.24, 2.45) is 0 Å². The molecular formula is C24H24N4O3S. The predicted molar refractivity (Wildman–Crippen MR) is 128 cm³/mol. The van der Waals surface area contributed by atoms with Gasteiger partial charge in [-0.2, -0.15) is 5.10 Å². The number of ether oxygens (including phenoxy) is 2. The molecule has 8 heteroatoms. The summed E-state index contributed by atoms with van der Waals surface area (Å²) in [6.07, 6.45) is 1.79. The zero-order valence-electron chi connectivity index (χ0n) is 18.4. The first-order valence-electron chi connectivity index (χ1n) is 10.1. The molecule has 1 aromatic heterocycles. The minimum atomic E-state index is -0.240. The van der Waals surface area contributed by atoms with E-state index in [2.05, 4.69) is 10.4 Å². The van der Waals surface area contributed by atoms with Crippen molar-refractivity contribution in [3.8, 4) is 11.5 Å². The van der Waals surface area contributed by atoms with Gasteiger partial charge in [-0.3, -0.25) is 9.48 Å². The van der Waals surface area contributed by atoms with E-state index in [0.29, 0.717) is 28.8 Å². The quantitative estimate of drug-likeness (QED) is 0.457. The first-order valence-corrected chi connectivity index (χ1v) is 10.5. The SMILES string of the molecule is COc1ccc(/C=C2/NC(=S)N(c3ccccc3OC)C2=O)cc1Cn1nc(C)cc1C. The maximum atomic E-state index is 13.1. The summed E-state index contributed by atoms with van der Waals surface area (Å²) in [6, 6.07) is 15.1. The standard InChI is InChI=1S/C24H24N4O3S/c1-15-11-16(2)27(26-15)14-18-12-17(9-10-21(18)30-3)13-19-23(29)28(24(32)25-19)20-7-5-6-8-22(20)31-4/h5-13H,14H2,1-4H3,(H,25,32)/b19-13+. The minimum Gasteiger partial charge on any atom is -0.496 e. The predicted octanol–water partition coefficient (Wildman–Crippen LogP) is 3.83. The van der Waals surface area contributed by atoms with Crippen LogP contribution in [-0.2, 0) is 11.3 Å². The highest BCUT2D eigenvalue weighted by molar-refractivity contribution is 7.80. The average Bonchev–Trinajstić information content (AvgIpc) is 3.24. The van der Waals surface area contributed by atoms with Crippen LogP contribution >= 0.6 is 12.2 Å². The summed E-state index contributed by atoms with van der Waals surface area (Å²) in [6.45, 7) is 4.55. The molecule has 0 unspecified atom stereocenters. The van der Waals surface area contributed by atoms with Crippen molar-refractivity contribution in [1.29, 1.82) is 0 Å². The van der Waals surface area contributed by atoms with Crippen LogP contribution in [0.15, 0.2) is 54.2 Å². The van der Waals surface area contributed by atoms with Gasteiger partial charge in [0.1, 0.15) is 17.2 Å².